The molecule has 1 aliphatic rings. The Labute approximate surface area is 185 Å². The lowest BCUT2D eigenvalue weighted by molar-refractivity contribution is 0.00866. The molecule has 1 aromatic rings. The summed E-state index contributed by atoms with van der Waals surface area (Å²) < 4.78 is 24.3. The van der Waals surface area contributed by atoms with E-state index in [9.17, 15) is 14.3 Å². The van der Waals surface area contributed by atoms with Crippen LogP contribution in [0, 0.1) is 17.7 Å². The number of ether oxygens (including phenoxy) is 2. The molecule has 31 heavy (non-hydrogen) atoms. The topological polar surface area (TPSA) is 74.3 Å². The molecule has 0 unspecified atom stereocenters. The van der Waals surface area contributed by atoms with Crippen LogP contribution in [0.5, 0.6) is 0 Å². The Bertz CT molecular complexity index is 655. The third kappa shape index (κ3) is 8.37. The molecule has 8 heteroatoms. The van der Waals surface area contributed by atoms with Crippen LogP contribution in [0.2, 0.25) is 0 Å². The monoisotopic (exact) mass is 439 g/mol. The van der Waals surface area contributed by atoms with Gasteiger partial charge in [-0.2, -0.15) is 0 Å². The van der Waals surface area contributed by atoms with E-state index >= 15 is 0 Å². The van der Waals surface area contributed by atoms with Crippen molar-refractivity contribution < 1.29 is 23.8 Å². The van der Waals surface area contributed by atoms with Crippen LogP contribution < -0.4 is 5.32 Å². The van der Waals surface area contributed by atoms with Crippen molar-refractivity contribution in [2.45, 2.75) is 38.8 Å². The number of urea groups is 1. The zero-order chi connectivity index (χ0) is 22.8. The summed E-state index contributed by atoms with van der Waals surface area (Å²) >= 11 is 0. The quantitative estimate of drug-likeness (QED) is 0.554. The van der Waals surface area contributed by atoms with E-state index in [-0.39, 0.29) is 36.5 Å². The minimum absolute atomic E-state index is 0.0510. The average molecular weight is 440 g/mol. The van der Waals surface area contributed by atoms with Gasteiger partial charge in [-0.25, -0.2) is 9.18 Å². The van der Waals surface area contributed by atoms with Gasteiger partial charge in [0.05, 0.1) is 18.8 Å². The number of likely N-dealkylation sites (N-methyl/N-ethyl adjacent to an activating group) is 1. The number of rotatable bonds is 11. The Balaban J connectivity index is 1.95. The van der Waals surface area contributed by atoms with Crippen molar-refractivity contribution in [3.8, 4) is 0 Å². The lowest BCUT2D eigenvalue weighted by Gasteiger charge is -2.35. The number of methoxy groups -OCH3 is 1. The van der Waals surface area contributed by atoms with Crippen molar-refractivity contribution in [2.75, 3.05) is 58.9 Å². The lowest BCUT2D eigenvalue weighted by atomic mass is 9.98. The summed E-state index contributed by atoms with van der Waals surface area (Å²) in [5.74, 6) is 0.328. The molecule has 3 atom stereocenters. The summed E-state index contributed by atoms with van der Waals surface area (Å²) in [4.78, 5) is 16.8. The molecule has 1 fully saturated rings. The molecule has 0 spiro atoms. The molecular weight excluding hydrogens is 401 g/mol. The first kappa shape index (κ1) is 25.5. The van der Waals surface area contributed by atoms with Crippen LogP contribution in [0.25, 0.3) is 0 Å². The summed E-state index contributed by atoms with van der Waals surface area (Å²) in [6, 6.07) is 4.94. The number of nitrogens with zero attached hydrogens (tertiary/aromatic N) is 2. The number of amides is 2. The van der Waals surface area contributed by atoms with Gasteiger partial charge in [0.25, 0.3) is 0 Å². The molecule has 0 saturated carbocycles. The van der Waals surface area contributed by atoms with Gasteiger partial charge in [0.15, 0.2) is 0 Å². The molecular formula is C23H38FN3O4. The molecule has 176 valence electrons. The minimum Gasteiger partial charge on any atom is -0.394 e. The van der Waals surface area contributed by atoms with E-state index in [2.05, 4.69) is 24.2 Å². The van der Waals surface area contributed by atoms with Gasteiger partial charge in [0.2, 0.25) is 0 Å². The van der Waals surface area contributed by atoms with E-state index < -0.39 is 0 Å². The maximum Gasteiger partial charge on any atom is 0.322 e. The second-order valence-corrected chi connectivity index (χ2v) is 8.65. The highest BCUT2D eigenvalue weighted by atomic mass is 19.1. The van der Waals surface area contributed by atoms with Gasteiger partial charge < -0.3 is 29.7 Å². The van der Waals surface area contributed by atoms with Crippen LogP contribution in [-0.4, -0.2) is 86.7 Å². The van der Waals surface area contributed by atoms with Crippen LogP contribution in [-0.2, 0) is 9.47 Å². The van der Waals surface area contributed by atoms with Gasteiger partial charge in [-0.1, -0.05) is 6.92 Å². The molecule has 0 bridgehead atoms. The Morgan fingerprint density at radius 3 is 2.48 bits per heavy atom. The highest BCUT2D eigenvalue weighted by Crippen LogP contribution is 2.18. The summed E-state index contributed by atoms with van der Waals surface area (Å²) in [5, 5.41) is 12.5. The largest absolute Gasteiger partial charge is 0.394 e. The first-order chi connectivity index (χ1) is 14.8. The third-order valence-electron chi connectivity index (χ3n) is 5.98. The normalized spacial score (nSPS) is 17.9. The minimum atomic E-state index is -0.361. The van der Waals surface area contributed by atoms with Crippen LogP contribution in [0.1, 0.15) is 26.7 Å². The van der Waals surface area contributed by atoms with E-state index in [1.807, 2.05) is 0 Å². The second kappa shape index (κ2) is 13.0. The maximum absolute atomic E-state index is 13.1. The zero-order valence-electron chi connectivity index (χ0n) is 19.2. The third-order valence-corrected chi connectivity index (χ3v) is 5.98. The van der Waals surface area contributed by atoms with Crippen molar-refractivity contribution in [3.63, 3.8) is 0 Å². The van der Waals surface area contributed by atoms with Crippen molar-refractivity contribution in [3.05, 3.63) is 30.1 Å². The van der Waals surface area contributed by atoms with Gasteiger partial charge in [-0.15, -0.1) is 0 Å². The SMILES string of the molecule is CO[C@H](CN(C)CC1CCOCC1)[C@H](C)CN(C(=O)Nc1ccc(F)cc1)[C@H](C)CO. The van der Waals surface area contributed by atoms with Crippen LogP contribution >= 0.6 is 0 Å². The standard InChI is InChI=1S/C23H38FN3O4/c1-17(22(30-4)15-26(3)14-19-9-11-31-12-10-19)13-27(18(2)16-28)23(29)25-21-7-5-20(24)6-8-21/h5-8,17-19,22,28H,9-16H2,1-4H3,(H,25,29)/t17-,18-,22-/m1/s1. The van der Waals surface area contributed by atoms with E-state index in [1.165, 1.54) is 24.3 Å². The zero-order valence-corrected chi connectivity index (χ0v) is 19.2. The number of hydrogen-bond acceptors (Lipinski definition) is 5. The molecule has 7 nitrogen and oxygen atoms in total. The fourth-order valence-electron chi connectivity index (χ4n) is 3.96. The van der Waals surface area contributed by atoms with Crippen molar-refractivity contribution in [1.29, 1.82) is 0 Å². The number of nitrogens with one attached hydrogen (secondary N) is 1. The van der Waals surface area contributed by atoms with Crippen LogP contribution in [0.15, 0.2) is 24.3 Å². The van der Waals surface area contributed by atoms with E-state index in [1.54, 1.807) is 18.9 Å². The number of carbonyl (C=O) groups excluding carboxylic acids is 1. The Hall–Kier alpha value is -1.74. The predicted molar refractivity (Wildman–Crippen MR) is 120 cm³/mol. The molecule has 2 N–H and O–H groups in total. The smallest absolute Gasteiger partial charge is 0.322 e. The molecule has 2 amide bonds. The number of anilines is 1. The number of aliphatic hydroxyl groups excluding tert-OH is 1. The Morgan fingerprint density at radius 2 is 1.90 bits per heavy atom. The van der Waals surface area contributed by atoms with Gasteiger partial charge in [0.1, 0.15) is 5.82 Å². The van der Waals surface area contributed by atoms with Gasteiger partial charge in [0, 0.05) is 51.6 Å². The summed E-state index contributed by atoms with van der Waals surface area (Å²) in [5.41, 5.74) is 0.508. The Morgan fingerprint density at radius 1 is 1.26 bits per heavy atom. The number of halogens is 1. The van der Waals surface area contributed by atoms with Crippen molar-refractivity contribution in [2.24, 2.45) is 11.8 Å². The van der Waals surface area contributed by atoms with Crippen molar-refractivity contribution in [1.82, 2.24) is 9.80 Å². The molecule has 0 radical (unpaired) electrons. The number of carbonyl (C=O) groups is 1. The second-order valence-electron chi connectivity index (χ2n) is 8.65. The molecule has 2 rings (SSSR count). The Kier molecular flexibility index (Phi) is 10.7. The molecule has 0 aliphatic carbocycles. The van der Waals surface area contributed by atoms with Gasteiger partial charge in [-0.05, 0) is 57.0 Å². The summed E-state index contributed by atoms with van der Waals surface area (Å²) in [6.45, 7) is 7.56. The fourth-order valence-corrected chi connectivity index (χ4v) is 3.96. The highest BCUT2D eigenvalue weighted by molar-refractivity contribution is 5.89. The first-order valence-corrected chi connectivity index (χ1v) is 11.1. The van der Waals surface area contributed by atoms with Gasteiger partial charge in [-0.3, -0.25) is 0 Å². The first-order valence-electron chi connectivity index (χ1n) is 11.1. The summed E-state index contributed by atoms with van der Waals surface area (Å²) in [7, 11) is 3.80. The van der Waals surface area contributed by atoms with Crippen molar-refractivity contribution >= 4 is 11.7 Å². The molecule has 0 aromatic heterocycles. The van der Waals surface area contributed by atoms with Crippen LogP contribution in [0.4, 0.5) is 14.9 Å². The van der Waals surface area contributed by atoms with E-state index in [4.69, 9.17) is 9.47 Å². The van der Waals surface area contributed by atoms with Gasteiger partial charge >= 0.3 is 6.03 Å². The predicted octanol–water partition coefficient (Wildman–Crippen LogP) is 3.05. The number of benzene rings is 1. The van der Waals surface area contributed by atoms with E-state index in [0.717, 1.165) is 39.1 Å². The van der Waals surface area contributed by atoms with E-state index in [0.29, 0.717) is 18.2 Å². The molecule has 1 aromatic carbocycles. The fraction of sp³-hybridized carbons (Fsp3) is 0.696. The number of hydrogen-bond donors (Lipinski definition) is 2. The molecule has 1 aliphatic heterocycles. The molecule has 1 heterocycles. The highest BCUT2D eigenvalue weighted by Gasteiger charge is 2.27. The van der Waals surface area contributed by atoms with Crippen LogP contribution in [0.3, 0.4) is 0 Å². The lowest BCUT2D eigenvalue weighted by Crippen LogP contribution is -2.48. The summed E-state index contributed by atoms with van der Waals surface area (Å²) in [6.07, 6.45) is 2.11. The number of aliphatic hydroxyl groups is 1. The maximum atomic E-state index is 13.1. The average Bonchev–Trinajstić information content (AvgIpc) is 2.77. The molecule has 1 saturated heterocycles.